The maximum absolute atomic E-state index is 12.9. The van der Waals surface area contributed by atoms with Crippen LogP contribution in [0.25, 0.3) is 10.9 Å². The molecule has 3 aromatic carbocycles. The van der Waals surface area contributed by atoms with E-state index in [0.29, 0.717) is 28.8 Å². The zero-order valence-corrected chi connectivity index (χ0v) is 19.0. The van der Waals surface area contributed by atoms with Crippen LogP contribution in [0.15, 0.2) is 71.5 Å². The summed E-state index contributed by atoms with van der Waals surface area (Å²) in [5, 5.41) is 12.4. The molecule has 3 N–H and O–H groups in total. The van der Waals surface area contributed by atoms with Gasteiger partial charge in [-0.2, -0.15) is 0 Å². The van der Waals surface area contributed by atoms with Crippen LogP contribution in [0, 0.1) is 4.77 Å². The minimum absolute atomic E-state index is 0.0647. The average molecular weight is 476 g/mol. The Morgan fingerprint density at radius 1 is 1.06 bits per heavy atom. The zero-order chi connectivity index (χ0) is 24.2. The van der Waals surface area contributed by atoms with Crippen LogP contribution >= 0.6 is 12.2 Å². The number of ether oxygens (including phenoxy) is 1. The molecular weight excluding hydrogens is 454 g/mol. The van der Waals surface area contributed by atoms with Crippen molar-refractivity contribution in [2.24, 2.45) is 0 Å². The van der Waals surface area contributed by atoms with E-state index in [4.69, 9.17) is 22.1 Å². The number of rotatable bonds is 7. The molecule has 0 aliphatic heterocycles. The Morgan fingerprint density at radius 3 is 2.47 bits per heavy atom. The van der Waals surface area contributed by atoms with Gasteiger partial charge in [0.25, 0.3) is 11.5 Å². The standard InChI is InChI=1S/C25H21N3O5S/c1-33-21-5-3-2-4-18(21)13-26-22(29)16-8-6-15(7-9-16)14-28-23(30)19-11-10-17(24(31)32)12-20(19)27-25(28)34/h2-12H,13-14H2,1H3,(H,26,29)(H,27,34)(H,31,32). The van der Waals surface area contributed by atoms with Crippen LogP contribution in [0.3, 0.4) is 0 Å². The van der Waals surface area contributed by atoms with E-state index in [2.05, 4.69) is 10.3 Å². The summed E-state index contributed by atoms with van der Waals surface area (Å²) in [6.45, 7) is 0.531. The van der Waals surface area contributed by atoms with Crippen LogP contribution in [0.2, 0.25) is 0 Å². The number of nitrogens with one attached hydrogen (secondary N) is 2. The molecule has 0 aliphatic carbocycles. The van der Waals surface area contributed by atoms with Crippen molar-refractivity contribution in [3.05, 3.63) is 104 Å². The van der Waals surface area contributed by atoms with Gasteiger partial charge in [0.2, 0.25) is 0 Å². The number of carboxylic acid groups (broad SMARTS) is 1. The molecular formula is C25H21N3O5S. The predicted molar refractivity (Wildman–Crippen MR) is 130 cm³/mol. The van der Waals surface area contributed by atoms with Crippen molar-refractivity contribution in [3.8, 4) is 5.75 Å². The molecule has 0 unspecified atom stereocenters. The van der Waals surface area contributed by atoms with Crippen molar-refractivity contribution in [2.45, 2.75) is 13.1 Å². The van der Waals surface area contributed by atoms with Gasteiger partial charge in [0, 0.05) is 17.7 Å². The first-order valence-electron chi connectivity index (χ1n) is 10.4. The van der Waals surface area contributed by atoms with Gasteiger partial charge in [0.05, 0.1) is 30.1 Å². The van der Waals surface area contributed by atoms with Crippen molar-refractivity contribution in [1.82, 2.24) is 14.9 Å². The maximum atomic E-state index is 12.9. The van der Waals surface area contributed by atoms with Crippen LogP contribution in [-0.2, 0) is 13.1 Å². The number of para-hydroxylation sites is 1. The largest absolute Gasteiger partial charge is 0.496 e. The van der Waals surface area contributed by atoms with Gasteiger partial charge in [-0.3, -0.25) is 14.2 Å². The minimum Gasteiger partial charge on any atom is -0.496 e. The Labute approximate surface area is 199 Å². The lowest BCUT2D eigenvalue weighted by atomic mass is 10.1. The first-order valence-corrected chi connectivity index (χ1v) is 10.8. The van der Waals surface area contributed by atoms with Crippen LogP contribution in [-0.4, -0.2) is 33.6 Å². The van der Waals surface area contributed by atoms with E-state index in [1.54, 1.807) is 31.4 Å². The smallest absolute Gasteiger partial charge is 0.335 e. The second-order valence-electron chi connectivity index (χ2n) is 7.58. The summed E-state index contributed by atoms with van der Waals surface area (Å²) in [4.78, 5) is 39.6. The normalized spacial score (nSPS) is 10.7. The Balaban J connectivity index is 1.50. The number of carbonyl (C=O) groups is 2. The van der Waals surface area contributed by atoms with Gasteiger partial charge in [0.1, 0.15) is 5.75 Å². The molecule has 0 saturated carbocycles. The Hall–Kier alpha value is -4.24. The number of aromatic carboxylic acids is 1. The molecule has 1 heterocycles. The zero-order valence-electron chi connectivity index (χ0n) is 18.2. The number of aromatic nitrogens is 2. The highest BCUT2D eigenvalue weighted by Crippen LogP contribution is 2.17. The summed E-state index contributed by atoms with van der Waals surface area (Å²) in [6.07, 6.45) is 0. The molecule has 0 fully saturated rings. The number of nitrogens with zero attached hydrogens (tertiary/aromatic N) is 1. The number of hydrogen-bond donors (Lipinski definition) is 3. The van der Waals surface area contributed by atoms with Crippen molar-refractivity contribution in [1.29, 1.82) is 0 Å². The summed E-state index contributed by atoms with van der Waals surface area (Å²) in [7, 11) is 1.58. The van der Waals surface area contributed by atoms with Crippen molar-refractivity contribution in [2.75, 3.05) is 7.11 Å². The number of fused-ring (bicyclic) bond motifs is 1. The molecule has 34 heavy (non-hydrogen) atoms. The van der Waals surface area contributed by atoms with Gasteiger partial charge < -0.3 is 20.1 Å². The molecule has 9 heteroatoms. The first kappa shape index (κ1) is 22.9. The molecule has 1 amide bonds. The van der Waals surface area contributed by atoms with E-state index in [1.807, 2.05) is 24.3 Å². The fraction of sp³-hybridized carbons (Fsp3) is 0.120. The second-order valence-corrected chi connectivity index (χ2v) is 7.97. The highest BCUT2D eigenvalue weighted by molar-refractivity contribution is 7.71. The van der Waals surface area contributed by atoms with Gasteiger partial charge in [-0.05, 0) is 54.2 Å². The van der Waals surface area contributed by atoms with E-state index in [-0.39, 0.29) is 28.3 Å². The number of H-pyrrole nitrogens is 1. The lowest BCUT2D eigenvalue weighted by Gasteiger charge is -2.11. The van der Waals surface area contributed by atoms with E-state index in [9.17, 15) is 14.4 Å². The molecule has 0 saturated heterocycles. The lowest BCUT2D eigenvalue weighted by molar-refractivity contribution is 0.0696. The number of carbonyl (C=O) groups excluding carboxylic acids is 1. The summed E-state index contributed by atoms with van der Waals surface area (Å²) < 4.78 is 6.88. The number of hydrogen-bond acceptors (Lipinski definition) is 5. The first-order chi connectivity index (χ1) is 16.4. The van der Waals surface area contributed by atoms with Crippen LogP contribution in [0.5, 0.6) is 5.75 Å². The molecule has 172 valence electrons. The maximum Gasteiger partial charge on any atom is 0.335 e. The third kappa shape index (κ3) is 4.74. The summed E-state index contributed by atoms with van der Waals surface area (Å²) >= 11 is 5.33. The predicted octanol–water partition coefficient (Wildman–Crippen LogP) is 3.74. The van der Waals surface area contributed by atoms with Crippen molar-refractivity contribution in [3.63, 3.8) is 0 Å². The summed E-state index contributed by atoms with van der Waals surface area (Å²) in [5.74, 6) is -0.612. The number of methoxy groups -OCH3 is 1. The monoisotopic (exact) mass is 475 g/mol. The minimum atomic E-state index is -1.09. The SMILES string of the molecule is COc1ccccc1CNC(=O)c1ccc(Cn2c(=S)[nH]c3cc(C(=O)O)ccc3c2=O)cc1. The van der Waals surface area contributed by atoms with Crippen LogP contribution < -0.4 is 15.6 Å². The Kier molecular flexibility index (Phi) is 6.55. The van der Waals surface area contributed by atoms with E-state index < -0.39 is 5.97 Å². The summed E-state index contributed by atoms with van der Waals surface area (Å²) in [5.41, 5.74) is 2.24. The van der Waals surface area contributed by atoms with Gasteiger partial charge in [0.15, 0.2) is 4.77 Å². The molecule has 4 rings (SSSR count). The summed E-state index contributed by atoms with van der Waals surface area (Å²) in [6, 6.07) is 18.6. The van der Waals surface area contributed by atoms with E-state index in [0.717, 1.165) is 11.1 Å². The fourth-order valence-corrected chi connectivity index (χ4v) is 3.86. The van der Waals surface area contributed by atoms with Crippen molar-refractivity contribution < 1.29 is 19.4 Å². The number of aromatic amines is 1. The van der Waals surface area contributed by atoms with Gasteiger partial charge in [-0.15, -0.1) is 0 Å². The number of amides is 1. The number of carboxylic acids is 1. The third-order valence-corrected chi connectivity index (χ3v) is 5.74. The lowest BCUT2D eigenvalue weighted by Crippen LogP contribution is -2.24. The average Bonchev–Trinajstić information content (AvgIpc) is 2.85. The Bertz CT molecular complexity index is 1510. The molecule has 1 aromatic heterocycles. The number of benzene rings is 3. The van der Waals surface area contributed by atoms with Gasteiger partial charge >= 0.3 is 5.97 Å². The van der Waals surface area contributed by atoms with Crippen molar-refractivity contribution >= 4 is 35.0 Å². The van der Waals surface area contributed by atoms with E-state index >= 15 is 0 Å². The quantitative estimate of drug-likeness (QED) is 0.351. The molecule has 8 nitrogen and oxygen atoms in total. The molecule has 0 radical (unpaired) electrons. The fourth-order valence-electron chi connectivity index (χ4n) is 3.60. The Morgan fingerprint density at radius 2 is 1.76 bits per heavy atom. The van der Waals surface area contributed by atoms with Crippen LogP contribution in [0.4, 0.5) is 0 Å². The van der Waals surface area contributed by atoms with Crippen LogP contribution in [0.1, 0.15) is 31.8 Å². The highest BCUT2D eigenvalue weighted by Gasteiger charge is 2.11. The molecule has 0 bridgehead atoms. The molecule has 0 atom stereocenters. The molecule has 4 aromatic rings. The van der Waals surface area contributed by atoms with Gasteiger partial charge in [-0.25, -0.2) is 4.79 Å². The third-order valence-electron chi connectivity index (χ3n) is 5.42. The van der Waals surface area contributed by atoms with Gasteiger partial charge in [-0.1, -0.05) is 30.3 Å². The highest BCUT2D eigenvalue weighted by atomic mass is 32.1. The molecule has 0 spiro atoms. The topological polar surface area (TPSA) is 113 Å². The second kappa shape index (κ2) is 9.72. The molecule has 0 aliphatic rings. The van der Waals surface area contributed by atoms with E-state index in [1.165, 1.54) is 22.8 Å².